The van der Waals surface area contributed by atoms with Gasteiger partial charge < -0.3 is 9.64 Å². The van der Waals surface area contributed by atoms with Crippen LogP contribution in [0.3, 0.4) is 0 Å². The number of carbonyl (C=O) groups excluding carboxylic acids is 1. The first-order valence-corrected chi connectivity index (χ1v) is 4.69. The van der Waals surface area contributed by atoms with Crippen LogP contribution >= 0.6 is 0 Å². The molecule has 13 heavy (non-hydrogen) atoms. The average molecular weight is 183 g/mol. The highest BCUT2D eigenvalue weighted by Crippen LogP contribution is 2.18. The van der Waals surface area contributed by atoms with Gasteiger partial charge in [0.15, 0.2) is 0 Å². The molecule has 0 aromatic rings. The summed E-state index contributed by atoms with van der Waals surface area (Å²) in [5.74, 6) is -0.159. The topological polar surface area (TPSA) is 29.5 Å². The van der Waals surface area contributed by atoms with Crippen LogP contribution in [0.2, 0.25) is 0 Å². The predicted molar refractivity (Wildman–Crippen MR) is 51.4 cm³/mol. The summed E-state index contributed by atoms with van der Waals surface area (Å²) in [5.41, 5.74) is 2.02. The van der Waals surface area contributed by atoms with Gasteiger partial charge in [0.05, 0.1) is 6.61 Å². The maximum Gasteiger partial charge on any atom is 0.333 e. The van der Waals surface area contributed by atoms with Crippen LogP contribution in [0.25, 0.3) is 0 Å². The first-order chi connectivity index (χ1) is 6.15. The molecule has 0 saturated carbocycles. The molecular weight excluding hydrogens is 166 g/mol. The molecule has 1 aliphatic heterocycles. The minimum atomic E-state index is -0.159. The van der Waals surface area contributed by atoms with Gasteiger partial charge in [0.1, 0.15) is 0 Å². The minimum absolute atomic E-state index is 0.159. The van der Waals surface area contributed by atoms with Gasteiger partial charge in [-0.3, -0.25) is 0 Å². The van der Waals surface area contributed by atoms with Gasteiger partial charge in [-0.25, -0.2) is 4.79 Å². The van der Waals surface area contributed by atoms with Gasteiger partial charge in [-0.15, -0.1) is 0 Å². The highest BCUT2D eigenvalue weighted by molar-refractivity contribution is 5.88. The van der Waals surface area contributed by atoms with Crippen LogP contribution in [-0.2, 0) is 9.53 Å². The van der Waals surface area contributed by atoms with Gasteiger partial charge in [-0.2, -0.15) is 0 Å². The largest absolute Gasteiger partial charge is 0.463 e. The van der Waals surface area contributed by atoms with E-state index in [-0.39, 0.29) is 5.97 Å². The lowest BCUT2D eigenvalue weighted by atomic mass is 10.1. The number of esters is 1. The van der Waals surface area contributed by atoms with E-state index in [1.54, 1.807) is 0 Å². The van der Waals surface area contributed by atoms with Crippen LogP contribution in [0, 0.1) is 0 Å². The van der Waals surface area contributed by atoms with E-state index in [1.165, 1.54) is 5.57 Å². The Labute approximate surface area is 79.4 Å². The molecule has 1 heterocycles. The van der Waals surface area contributed by atoms with E-state index in [4.69, 9.17) is 4.74 Å². The molecule has 0 radical (unpaired) electrons. The highest BCUT2D eigenvalue weighted by atomic mass is 16.5. The predicted octanol–water partition coefficient (Wildman–Crippen LogP) is 1.20. The third kappa shape index (κ3) is 2.56. The first kappa shape index (κ1) is 10.3. The molecule has 1 saturated heterocycles. The second-order valence-electron chi connectivity index (χ2n) is 3.44. The second kappa shape index (κ2) is 4.42. The molecule has 0 aromatic heterocycles. The van der Waals surface area contributed by atoms with E-state index >= 15 is 0 Å². The van der Waals surface area contributed by atoms with E-state index in [2.05, 4.69) is 11.9 Å². The number of hydrogen-bond donors (Lipinski definition) is 0. The van der Waals surface area contributed by atoms with Crippen LogP contribution in [0.4, 0.5) is 0 Å². The average Bonchev–Trinajstić information content (AvgIpc) is 2.51. The summed E-state index contributed by atoms with van der Waals surface area (Å²) in [6.07, 6.45) is 1.00. The van der Waals surface area contributed by atoms with Crippen molar-refractivity contribution in [2.45, 2.75) is 20.3 Å². The molecule has 1 aliphatic rings. The van der Waals surface area contributed by atoms with Crippen molar-refractivity contribution in [3.05, 3.63) is 11.1 Å². The summed E-state index contributed by atoms with van der Waals surface area (Å²) < 4.78 is 4.94. The monoisotopic (exact) mass is 183 g/mol. The second-order valence-corrected chi connectivity index (χ2v) is 3.44. The van der Waals surface area contributed by atoms with Gasteiger partial charge in [-0.05, 0) is 32.9 Å². The molecule has 0 aliphatic carbocycles. The summed E-state index contributed by atoms with van der Waals surface area (Å²) in [6, 6.07) is 0. The van der Waals surface area contributed by atoms with Gasteiger partial charge in [0.25, 0.3) is 0 Å². The van der Waals surface area contributed by atoms with Crippen molar-refractivity contribution >= 4 is 5.97 Å². The molecule has 1 fully saturated rings. The lowest BCUT2D eigenvalue weighted by Gasteiger charge is -2.06. The van der Waals surface area contributed by atoms with Gasteiger partial charge >= 0.3 is 5.97 Å². The van der Waals surface area contributed by atoms with Crippen LogP contribution in [0.5, 0.6) is 0 Å². The van der Waals surface area contributed by atoms with Crippen LogP contribution in [-0.4, -0.2) is 37.6 Å². The Morgan fingerprint density at radius 3 is 2.77 bits per heavy atom. The Balaban J connectivity index is 2.63. The normalized spacial score (nSPS) is 21.8. The van der Waals surface area contributed by atoms with E-state index < -0.39 is 0 Å². The quantitative estimate of drug-likeness (QED) is 0.476. The van der Waals surface area contributed by atoms with Crippen molar-refractivity contribution < 1.29 is 9.53 Å². The number of likely N-dealkylation sites (tertiary alicyclic amines) is 1. The molecule has 0 bridgehead atoms. The lowest BCUT2D eigenvalue weighted by molar-refractivity contribution is -0.138. The van der Waals surface area contributed by atoms with Crippen LogP contribution in [0.15, 0.2) is 11.1 Å². The van der Waals surface area contributed by atoms with E-state index in [0.29, 0.717) is 6.61 Å². The summed E-state index contributed by atoms with van der Waals surface area (Å²) in [4.78, 5) is 13.5. The molecule has 3 heteroatoms. The summed E-state index contributed by atoms with van der Waals surface area (Å²) in [6.45, 7) is 6.10. The molecule has 74 valence electrons. The van der Waals surface area contributed by atoms with Crippen molar-refractivity contribution in [2.24, 2.45) is 0 Å². The molecule has 0 aromatic carbocycles. The summed E-state index contributed by atoms with van der Waals surface area (Å²) in [7, 11) is 2.06. The fraction of sp³-hybridized carbons (Fsp3) is 0.700. The zero-order chi connectivity index (χ0) is 9.84. The third-order valence-electron chi connectivity index (χ3n) is 2.37. The summed E-state index contributed by atoms with van der Waals surface area (Å²) >= 11 is 0. The number of hydrogen-bond acceptors (Lipinski definition) is 3. The molecule has 0 amide bonds. The van der Waals surface area contributed by atoms with Crippen molar-refractivity contribution in [1.82, 2.24) is 4.90 Å². The van der Waals surface area contributed by atoms with Gasteiger partial charge in [0.2, 0.25) is 0 Å². The smallest absolute Gasteiger partial charge is 0.333 e. The van der Waals surface area contributed by atoms with Crippen LogP contribution < -0.4 is 0 Å². The molecule has 0 spiro atoms. The first-order valence-electron chi connectivity index (χ1n) is 4.69. The lowest BCUT2D eigenvalue weighted by Crippen LogP contribution is -2.13. The fourth-order valence-electron chi connectivity index (χ4n) is 1.50. The molecule has 1 rings (SSSR count). The van der Waals surface area contributed by atoms with Crippen LogP contribution in [0.1, 0.15) is 20.3 Å². The van der Waals surface area contributed by atoms with Crippen molar-refractivity contribution in [3.8, 4) is 0 Å². The molecule has 3 nitrogen and oxygen atoms in total. The van der Waals surface area contributed by atoms with Gasteiger partial charge in [0, 0.05) is 18.7 Å². The minimum Gasteiger partial charge on any atom is -0.463 e. The molecule has 0 N–H and O–H groups in total. The number of nitrogens with zero attached hydrogens (tertiary/aromatic N) is 1. The zero-order valence-electron chi connectivity index (χ0n) is 8.59. The van der Waals surface area contributed by atoms with Crippen molar-refractivity contribution in [3.63, 3.8) is 0 Å². The van der Waals surface area contributed by atoms with E-state index in [0.717, 1.165) is 25.1 Å². The van der Waals surface area contributed by atoms with E-state index in [1.807, 2.05) is 13.8 Å². The van der Waals surface area contributed by atoms with Crippen molar-refractivity contribution in [1.29, 1.82) is 0 Å². The standard InChI is InChI=1S/C10H17NO2/c1-4-13-10(12)8(2)9-5-6-11(3)7-9/h4-7H2,1-3H3/b9-8+. The Bertz CT molecular complexity index is 233. The maximum absolute atomic E-state index is 11.3. The number of rotatable bonds is 2. The number of likely N-dealkylation sites (N-methyl/N-ethyl adjacent to an activating group) is 1. The molecular formula is C10H17NO2. The molecule has 0 unspecified atom stereocenters. The highest BCUT2D eigenvalue weighted by Gasteiger charge is 2.18. The van der Waals surface area contributed by atoms with Crippen molar-refractivity contribution in [2.75, 3.05) is 26.7 Å². The Hall–Kier alpha value is -0.830. The van der Waals surface area contributed by atoms with E-state index in [9.17, 15) is 4.79 Å². The number of carbonyl (C=O) groups is 1. The summed E-state index contributed by atoms with van der Waals surface area (Å²) in [5, 5.41) is 0. The maximum atomic E-state index is 11.3. The van der Waals surface area contributed by atoms with Gasteiger partial charge in [-0.1, -0.05) is 0 Å². The fourth-order valence-corrected chi connectivity index (χ4v) is 1.50. The Kier molecular flexibility index (Phi) is 3.48. The Morgan fingerprint density at radius 2 is 2.31 bits per heavy atom. The zero-order valence-corrected chi connectivity index (χ0v) is 8.59. The Morgan fingerprint density at radius 1 is 1.62 bits per heavy atom. The third-order valence-corrected chi connectivity index (χ3v) is 2.37. The SMILES string of the molecule is CCOC(=O)/C(C)=C1\CCN(C)C1. The molecule has 0 atom stereocenters. The number of ether oxygens (including phenoxy) is 1.